The number of aryl methyl sites for hydroxylation is 1. The molecule has 0 spiro atoms. The number of imide groups is 1. The van der Waals surface area contributed by atoms with Gasteiger partial charge in [0.25, 0.3) is 5.91 Å². The smallest absolute Gasteiger partial charge is 0.319 e. The molecule has 7 heterocycles. The van der Waals surface area contributed by atoms with Gasteiger partial charge in [-0.15, -0.1) is 0 Å². The number of β-amino-alcohol motifs (C(OH)–C–C–N with tert-alkyl or cyclic N) is 1. The van der Waals surface area contributed by atoms with E-state index in [0.29, 0.717) is 73.1 Å². The van der Waals surface area contributed by atoms with Gasteiger partial charge >= 0.3 is 6.01 Å². The predicted molar refractivity (Wildman–Crippen MR) is 272 cm³/mol. The molecule has 0 unspecified atom stereocenters. The van der Waals surface area contributed by atoms with Crippen LogP contribution in [0.3, 0.4) is 0 Å². The van der Waals surface area contributed by atoms with Crippen molar-refractivity contribution < 1.29 is 38.1 Å². The highest BCUT2D eigenvalue weighted by atomic mass is 19.1. The Kier molecular flexibility index (Phi) is 13.3. The number of anilines is 2. The normalized spacial score (nSPS) is 23.0. The number of carbonyl (C=O) groups excluding carboxylic acids is 3. The van der Waals surface area contributed by atoms with Gasteiger partial charge in [0.2, 0.25) is 11.8 Å². The monoisotopic (exact) mass is 984 g/mol. The maximum atomic E-state index is 17.4. The number of aromatic nitrogens is 3. The van der Waals surface area contributed by atoms with E-state index in [4.69, 9.17) is 29.2 Å². The quantitative estimate of drug-likeness (QED) is 0.0883. The first kappa shape index (κ1) is 48.3. The summed E-state index contributed by atoms with van der Waals surface area (Å²) in [6.07, 6.45) is 8.81. The van der Waals surface area contributed by atoms with E-state index in [1.165, 1.54) is 0 Å². The predicted octanol–water partition coefficient (Wildman–Crippen LogP) is 6.33. The maximum Gasteiger partial charge on any atom is 0.319 e. The zero-order valence-corrected chi connectivity index (χ0v) is 41.8. The van der Waals surface area contributed by atoms with Crippen molar-refractivity contribution in [2.45, 2.75) is 89.8 Å². The van der Waals surface area contributed by atoms with Crippen LogP contribution in [-0.4, -0.2) is 150 Å². The van der Waals surface area contributed by atoms with Gasteiger partial charge in [-0.2, -0.15) is 9.97 Å². The molecule has 6 aliphatic rings. The van der Waals surface area contributed by atoms with Gasteiger partial charge in [0.05, 0.1) is 17.6 Å². The molecule has 2 atom stereocenters. The highest BCUT2D eigenvalue weighted by molar-refractivity contribution is 6.06. The van der Waals surface area contributed by atoms with Crippen molar-refractivity contribution in [2.75, 3.05) is 95.8 Å². The molecule has 16 nitrogen and oxygen atoms in total. The molecule has 0 radical (unpaired) electrons. The Labute approximate surface area is 419 Å². The largest absolute Gasteiger partial charge is 0.468 e. The summed E-state index contributed by atoms with van der Waals surface area (Å²) in [5.74, 6) is 0.309. The summed E-state index contributed by atoms with van der Waals surface area (Å²) < 4.78 is 35.0. The average Bonchev–Trinajstić information content (AvgIpc) is 4.07. The Bertz CT molecular complexity index is 2900. The molecular weight excluding hydrogens is 918 g/mol. The molecule has 5 aromatic rings. The zero-order valence-electron chi connectivity index (χ0n) is 41.8. The number of hydrogen-bond donors (Lipinski definition) is 2. The number of piperazine rings is 1. The van der Waals surface area contributed by atoms with Crippen molar-refractivity contribution in [3.63, 3.8) is 0 Å². The molecule has 4 saturated heterocycles. The summed E-state index contributed by atoms with van der Waals surface area (Å²) in [5, 5.41) is 15.8. The molecule has 0 bridgehead atoms. The third-order valence-corrected chi connectivity index (χ3v) is 16.1. The van der Waals surface area contributed by atoms with Crippen molar-refractivity contribution in [3.8, 4) is 23.0 Å². The number of nitrogens with one attached hydrogen (secondary N) is 1. The number of ether oxygens (including phenoxy) is 3. The number of hydrogen-bond acceptors (Lipinski definition) is 14. The third kappa shape index (κ3) is 9.80. The minimum atomic E-state index is -0.928. The lowest BCUT2D eigenvalue weighted by molar-refractivity contribution is -0.136. The van der Waals surface area contributed by atoms with Crippen molar-refractivity contribution >= 4 is 50.9 Å². The van der Waals surface area contributed by atoms with Gasteiger partial charge in [-0.3, -0.25) is 29.6 Å². The number of methoxy groups -OCH3 is 1. The molecule has 5 fully saturated rings. The van der Waals surface area contributed by atoms with Crippen LogP contribution in [0.15, 0.2) is 54.7 Å². The molecule has 3 aromatic carbocycles. The number of nitrogens with zero attached hydrogens (tertiary/aromatic N) is 8. The number of likely N-dealkylation sites (tertiary alicyclic amines) is 1. The number of pyridine rings is 1. The van der Waals surface area contributed by atoms with Crippen LogP contribution in [0.4, 0.5) is 15.9 Å². The Hall–Kier alpha value is -6.01. The van der Waals surface area contributed by atoms with Crippen molar-refractivity contribution in [2.24, 2.45) is 11.3 Å². The van der Waals surface area contributed by atoms with Crippen molar-refractivity contribution in [3.05, 3.63) is 77.2 Å². The number of amides is 3. The van der Waals surface area contributed by atoms with E-state index in [1.54, 1.807) is 18.2 Å². The minimum Gasteiger partial charge on any atom is -0.468 e. The summed E-state index contributed by atoms with van der Waals surface area (Å²) in [7, 11) is 1.56. The Morgan fingerprint density at radius 3 is 2.46 bits per heavy atom. The minimum absolute atomic E-state index is 0.0232. The van der Waals surface area contributed by atoms with Crippen LogP contribution >= 0.6 is 0 Å². The molecule has 5 aliphatic heterocycles. The molecule has 2 N–H and O–H groups in total. The van der Waals surface area contributed by atoms with Crippen molar-refractivity contribution in [1.29, 1.82) is 0 Å². The number of aliphatic hydroxyl groups is 1. The van der Waals surface area contributed by atoms with Crippen LogP contribution in [0.2, 0.25) is 0 Å². The van der Waals surface area contributed by atoms with Gasteiger partial charge in [-0.25, -0.2) is 4.39 Å². The topological polar surface area (TPSA) is 166 Å². The Morgan fingerprint density at radius 2 is 1.71 bits per heavy atom. The van der Waals surface area contributed by atoms with Crippen LogP contribution in [0, 0.1) is 17.2 Å². The SMILES string of the molecule is CCc1cccc2cc(OCOC)cc(-c3ncc4c(N5CCC[C@@](C)(O)C5)nc(OCC5(CN6CCC(CN7CCN(c8ccc9c(c8)CN([C@H]8CCC(=O)NC8=O)C9=O)CC7)CC6)CC5)nc4c3F)c12. The standard InChI is InChI=1S/C55H66FN9O7/c1-4-36-7-5-8-37-26-40(72-34-70-3)27-42(46(36)37)48-47(56)49-43(28-57-48)50(64-18-6-15-54(2,69)31-64)60-53(59-49)71-33-55(16-17-55)32-62-19-13-35(14-20-62)29-61-21-23-63(24-22-61)39-9-10-41-38(25-39)30-65(52(41)68)44-11-12-45(66)58-51(44)67/h5,7-10,25-28,35,44,69H,4,6,11-24,29-34H2,1-3H3,(H,58,66,67)/t44-,54+/m0/s1. The summed E-state index contributed by atoms with van der Waals surface area (Å²) >= 11 is 0. The molecule has 2 aromatic heterocycles. The molecule has 11 rings (SSSR count). The first-order valence-corrected chi connectivity index (χ1v) is 26.0. The molecular formula is C55H66FN9O7. The van der Waals surface area contributed by atoms with Gasteiger partial charge in [0.1, 0.15) is 28.8 Å². The van der Waals surface area contributed by atoms with E-state index in [-0.39, 0.29) is 53.6 Å². The van der Waals surface area contributed by atoms with E-state index < -0.39 is 17.5 Å². The summed E-state index contributed by atoms with van der Waals surface area (Å²) in [4.78, 5) is 63.2. The fourth-order valence-corrected chi connectivity index (χ4v) is 11.9. The zero-order chi connectivity index (χ0) is 49.7. The Morgan fingerprint density at radius 1 is 0.889 bits per heavy atom. The molecule has 380 valence electrons. The van der Waals surface area contributed by atoms with Crippen LogP contribution in [0.25, 0.3) is 32.9 Å². The second-order valence-corrected chi connectivity index (χ2v) is 21.5. The Balaban J connectivity index is 0.728. The first-order chi connectivity index (χ1) is 34.9. The van der Waals surface area contributed by atoms with E-state index >= 15 is 4.39 Å². The number of rotatable bonds is 15. The molecule has 72 heavy (non-hydrogen) atoms. The lowest BCUT2D eigenvalue weighted by Crippen LogP contribution is -2.52. The number of piperidine rings is 3. The van der Waals surface area contributed by atoms with Crippen molar-refractivity contribution in [1.82, 2.24) is 35.0 Å². The van der Waals surface area contributed by atoms with Crippen LogP contribution < -0.4 is 24.6 Å². The van der Waals surface area contributed by atoms with E-state index in [2.05, 4.69) is 39.1 Å². The van der Waals surface area contributed by atoms with Gasteiger partial charge in [0, 0.05) is 101 Å². The maximum absolute atomic E-state index is 17.4. The lowest BCUT2D eigenvalue weighted by atomic mass is 9.94. The van der Waals surface area contributed by atoms with Gasteiger partial charge < -0.3 is 38.9 Å². The third-order valence-electron chi connectivity index (χ3n) is 16.1. The van der Waals surface area contributed by atoms with Crippen LogP contribution in [0.5, 0.6) is 11.8 Å². The fourth-order valence-electron chi connectivity index (χ4n) is 11.9. The number of benzene rings is 3. The number of carbonyl (C=O) groups is 3. The fraction of sp³-hybridized carbons (Fsp3) is 0.527. The second-order valence-electron chi connectivity index (χ2n) is 21.5. The van der Waals surface area contributed by atoms with E-state index in [1.807, 2.05) is 48.2 Å². The van der Waals surface area contributed by atoms with Gasteiger partial charge in [0.15, 0.2) is 12.6 Å². The number of halogens is 1. The molecule has 3 amide bonds. The van der Waals surface area contributed by atoms with Gasteiger partial charge in [-0.1, -0.05) is 25.1 Å². The highest BCUT2D eigenvalue weighted by Gasteiger charge is 2.46. The lowest BCUT2D eigenvalue weighted by Gasteiger charge is -2.40. The first-order valence-electron chi connectivity index (χ1n) is 26.0. The van der Waals surface area contributed by atoms with Crippen LogP contribution in [-0.2, 0) is 27.3 Å². The molecule has 1 saturated carbocycles. The summed E-state index contributed by atoms with van der Waals surface area (Å²) in [5.41, 5.74) is 3.70. The van der Waals surface area contributed by atoms with E-state index in [9.17, 15) is 19.5 Å². The van der Waals surface area contributed by atoms with Crippen LogP contribution in [0.1, 0.15) is 86.7 Å². The summed E-state index contributed by atoms with van der Waals surface area (Å²) in [6.45, 7) is 13.6. The molecule has 1 aliphatic carbocycles. The van der Waals surface area contributed by atoms with Gasteiger partial charge in [-0.05, 0) is 130 Å². The number of fused-ring (bicyclic) bond motifs is 3. The average molecular weight is 984 g/mol. The second kappa shape index (κ2) is 19.8. The highest BCUT2D eigenvalue weighted by Crippen LogP contribution is 2.47. The van der Waals surface area contributed by atoms with E-state index in [0.717, 1.165) is 118 Å². The molecule has 17 heteroatoms. The summed E-state index contributed by atoms with van der Waals surface area (Å²) in [6, 6.07) is 15.4.